The first kappa shape index (κ1) is 34.1. The first-order valence-electron chi connectivity index (χ1n) is 15.0. The van der Waals surface area contributed by atoms with E-state index < -0.39 is 28.0 Å². The second-order valence-corrected chi connectivity index (χ2v) is 13.1. The Morgan fingerprint density at radius 1 is 0.958 bits per heavy atom. The van der Waals surface area contributed by atoms with Crippen LogP contribution in [0.2, 0.25) is 0 Å². The van der Waals surface area contributed by atoms with Crippen LogP contribution in [0.25, 0.3) is 0 Å². The standard InChI is InChI=1S/C32H33N5O10S/c1-5-24-26-18(2)28(27(35(26)29(24)38)31(40)46-16-19-6-10-21(11-7-19)36(42)43)48-23-14-25(30(39)33(3)4)34(15-23)32(41)47-17-20-8-12-22(13-9-20)37(44)45/h5-13,18,23,25-26H,14-17H2,1-4H3/b24-5+/t18-,23+,25+,26-/m1/s1. The quantitative estimate of drug-likeness (QED) is 0.116. The van der Waals surface area contributed by atoms with Crippen molar-refractivity contribution in [3.05, 3.63) is 102 Å². The Kier molecular flexibility index (Phi) is 9.84. The molecular weight excluding hydrogens is 646 g/mol. The minimum absolute atomic E-state index is 0.0980. The molecule has 2 aromatic carbocycles. The molecule has 252 valence electrons. The Morgan fingerprint density at radius 3 is 2.00 bits per heavy atom. The van der Waals surface area contributed by atoms with E-state index in [0.717, 1.165) is 0 Å². The molecule has 0 unspecified atom stereocenters. The SMILES string of the molecule is C/C=C1/C(=O)N2C(C(=O)OCc3ccc([N+](=O)[O-])cc3)=C(S[C@H]3C[C@@H](C(=O)N(C)C)N(C(=O)OCc4ccc([N+](=O)[O-])cc4)C3)[C@H](C)[C@H]12. The van der Waals surface area contributed by atoms with Gasteiger partial charge in [0.2, 0.25) is 5.91 Å². The summed E-state index contributed by atoms with van der Waals surface area (Å²) in [5, 5.41) is 21.6. The summed E-state index contributed by atoms with van der Waals surface area (Å²) in [6, 6.07) is 9.95. The summed E-state index contributed by atoms with van der Waals surface area (Å²) in [6.07, 6.45) is 1.24. The average Bonchev–Trinajstić information content (AvgIpc) is 3.59. The second kappa shape index (κ2) is 13.9. The number of thioether (sulfide) groups is 1. The minimum atomic E-state index is -0.846. The van der Waals surface area contributed by atoms with Crippen molar-refractivity contribution in [2.24, 2.45) is 5.92 Å². The number of nitro groups is 2. The van der Waals surface area contributed by atoms with E-state index in [1.807, 2.05) is 6.92 Å². The summed E-state index contributed by atoms with van der Waals surface area (Å²) in [7, 11) is 3.16. The van der Waals surface area contributed by atoms with Crippen molar-refractivity contribution in [1.29, 1.82) is 0 Å². The van der Waals surface area contributed by atoms with Crippen LogP contribution in [-0.4, -0.2) is 86.4 Å². The zero-order valence-corrected chi connectivity index (χ0v) is 27.4. The Morgan fingerprint density at radius 2 is 1.50 bits per heavy atom. The van der Waals surface area contributed by atoms with Gasteiger partial charge in [0, 0.05) is 66.6 Å². The van der Waals surface area contributed by atoms with Crippen LogP contribution >= 0.6 is 11.8 Å². The van der Waals surface area contributed by atoms with Gasteiger partial charge in [0.1, 0.15) is 25.0 Å². The number of β-lactam (4-membered cyclic amide) rings is 1. The minimum Gasteiger partial charge on any atom is -0.456 e. The molecule has 15 nitrogen and oxygen atoms in total. The van der Waals surface area contributed by atoms with Gasteiger partial charge in [-0.3, -0.25) is 39.6 Å². The molecule has 0 saturated carbocycles. The molecule has 0 N–H and O–H groups in total. The number of fused-ring (bicyclic) bond motifs is 1. The van der Waals surface area contributed by atoms with Gasteiger partial charge in [-0.2, -0.15) is 0 Å². The number of nitrogens with zero attached hydrogens (tertiary/aromatic N) is 5. The molecule has 3 aliphatic rings. The number of hydrogen-bond acceptors (Lipinski definition) is 11. The highest BCUT2D eigenvalue weighted by molar-refractivity contribution is 8.03. The number of carbonyl (C=O) groups is 4. The van der Waals surface area contributed by atoms with E-state index >= 15 is 0 Å². The van der Waals surface area contributed by atoms with E-state index in [1.54, 1.807) is 27.1 Å². The van der Waals surface area contributed by atoms with Crippen molar-refractivity contribution >= 4 is 47.0 Å². The molecule has 48 heavy (non-hydrogen) atoms. The number of esters is 1. The van der Waals surface area contributed by atoms with E-state index in [2.05, 4.69) is 0 Å². The number of ether oxygens (including phenoxy) is 2. The number of rotatable bonds is 10. The molecule has 5 rings (SSSR count). The summed E-state index contributed by atoms with van der Waals surface area (Å²) in [5.41, 5.74) is 1.53. The number of amides is 3. The first-order chi connectivity index (χ1) is 22.8. The van der Waals surface area contributed by atoms with Crippen molar-refractivity contribution in [3.8, 4) is 0 Å². The lowest BCUT2D eigenvalue weighted by Gasteiger charge is -2.40. The highest BCUT2D eigenvalue weighted by atomic mass is 32.2. The molecular formula is C32H33N5O10S. The van der Waals surface area contributed by atoms with Gasteiger partial charge in [-0.25, -0.2) is 9.59 Å². The van der Waals surface area contributed by atoms with E-state index in [4.69, 9.17) is 9.47 Å². The largest absolute Gasteiger partial charge is 0.456 e. The molecule has 16 heteroatoms. The molecule has 4 atom stereocenters. The van der Waals surface area contributed by atoms with Crippen LogP contribution in [0.3, 0.4) is 0 Å². The van der Waals surface area contributed by atoms with Gasteiger partial charge in [-0.05, 0) is 48.7 Å². The van der Waals surface area contributed by atoms with E-state index in [0.29, 0.717) is 21.6 Å². The van der Waals surface area contributed by atoms with Gasteiger partial charge in [-0.15, -0.1) is 11.8 Å². The van der Waals surface area contributed by atoms with Gasteiger partial charge in [0.25, 0.3) is 17.3 Å². The molecule has 0 aliphatic carbocycles. The predicted octanol–water partition coefficient (Wildman–Crippen LogP) is 4.17. The van der Waals surface area contributed by atoms with Gasteiger partial charge in [0.05, 0.1) is 15.9 Å². The van der Waals surface area contributed by atoms with Crippen molar-refractivity contribution in [3.63, 3.8) is 0 Å². The van der Waals surface area contributed by atoms with Crippen molar-refractivity contribution < 1.29 is 38.5 Å². The van der Waals surface area contributed by atoms with Crippen molar-refractivity contribution in [2.45, 2.75) is 50.8 Å². The summed E-state index contributed by atoms with van der Waals surface area (Å²) in [5.74, 6) is -1.62. The summed E-state index contributed by atoms with van der Waals surface area (Å²) >= 11 is 1.32. The maximum absolute atomic E-state index is 13.6. The molecule has 0 aromatic heterocycles. The summed E-state index contributed by atoms with van der Waals surface area (Å²) < 4.78 is 11.1. The van der Waals surface area contributed by atoms with Crippen LogP contribution in [0, 0.1) is 26.1 Å². The maximum Gasteiger partial charge on any atom is 0.410 e. The number of carbonyl (C=O) groups excluding carboxylic acids is 4. The summed E-state index contributed by atoms with van der Waals surface area (Å²) in [6.45, 7) is 3.44. The van der Waals surface area contributed by atoms with Crippen molar-refractivity contribution in [2.75, 3.05) is 20.6 Å². The lowest BCUT2D eigenvalue weighted by Crippen LogP contribution is -2.54. The van der Waals surface area contributed by atoms with Crippen LogP contribution in [0.1, 0.15) is 31.4 Å². The Bertz CT molecular complexity index is 1720. The Labute approximate surface area is 279 Å². The Balaban J connectivity index is 1.34. The average molecular weight is 680 g/mol. The molecule has 0 spiro atoms. The van der Waals surface area contributed by atoms with Crippen LogP contribution in [0.15, 0.2) is 70.8 Å². The number of benzene rings is 2. The normalized spacial score (nSPS) is 22.3. The number of non-ortho nitro benzene ring substituents is 2. The number of likely N-dealkylation sites (N-methyl/N-ethyl adjacent to an activating group) is 1. The van der Waals surface area contributed by atoms with Gasteiger partial charge < -0.3 is 14.4 Å². The monoisotopic (exact) mass is 679 g/mol. The zero-order valence-electron chi connectivity index (χ0n) is 26.6. The third kappa shape index (κ3) is 6.60. The molecule has 2 aromatic rings. The molecule has 2 saturated heterocycles. The van der Waals surface area contributed by atoms with E-state index in [9.17, 15) is 39.4 Å². The third-order valence-corrected chi connectivity index (χ3v) is 9.97. The van der Waals surface area contributed by atoms with Crippen molar-refractivity contribution in [1.82, 2.24) is 14.7 Å². The molecule has 0 bridgehead atoms. The molecule has 2 fully saturated rings. The fourth-order valence-corrected chi connectivity index (χ4v) is 7.51. The number of likely N-dealkylation sites (tertiary alicyclic amines) is 1. The smallest absolute Gasteiger partial charge is 0.410 e. The first-order valence-corrected chi connectivity index (χ1v) is 15.9. The zero-order chi connectivity index (χ0) is 34.9. The molecule has 3 amide bonds. The summed E-state index contributed by atoms with van der Waals surface area (Å²) in [4.78, 5) is 78.8. The number of allylic oxidation sites excluding steroid dienone is 1. The van der Waals surface area contributed by atoms with Crippen LogP contribution in [0.4, 0.5) is 16.2 Å². The fraction of sp³-hybridized carbons (Fsp3) is 0.375. The number of nitro benzene ring substituents is 2. The van der Waals surface area contributed by atoms with E-state index in [1.165, 1.54) is 75.0 Å². The van der Waals surface area contributed by atoms with Gasteiger partial charge >= 0.3 is 12.1 Å². The molecule has 0 radical (unpaired) electrons. The van der Waals surface area contributed by atoms with Gasteiger partial charge in [0.15, 0.2) is 0 Å². The van der Waals surface area contributed by atoms with E-state index in [-0.39, 0.29) is 72.3 Å². The number of hydrogen-bond donors (Lipinski definition) is 0. The van der Waals surface area contributed by atoms with Crippen LogP contribution in [0.5, 0.6) is 0 Å². The highest BCUT2D eigenvalue weighted by Crippen LogP contribution is 2.51. The lowest BCUT2D eigenvalue weighted by atomic mass is 9.88. The van der Waals surface area contributed by atoms with Crippen LogP contribution in [-0.2, 0) is 37.1 Å². The van der Waals surface area contributed by atoms with Gasteiger partial charge in [-0.1, -0.05) is 13.0 Å². The lowest BCUT2D eigenvalue weighted by molar-refractivity contribution is -0.385. The molecule has 3 aliphatic heterocycles. The fourth-order valence-electron chi connectivity index (χ4n) is 6.00. The third-order valence-electron chi connectivity index (χ3n) is 8.47. The molecule has 3 heterocycles. The highest BCUT2D eigenvalue weighted by Gasteiger charge is 2.56. The topological polar surface area (TPSA) is 183 Å². The Hall–Kier alpha value is -5.25. The predicted molar refractivity (Wildman–Crippen MR) is 172 cm³/mol. The second-order valence-electron chi connectivity index (χ2n) is 11.7. The van der Waals surface area contributed by atoms with Crippen LogP contribution < -0.4 is 0 Å². The maximum atomic E-state index is 13.6.